The van der Waals surface area contributed by atoms with Gasteiger partial charge in [0.2, 0.25) is 0 Å². The number of carbonyl (C=O) groups excluding carboxylic acids is 1. The number of carboxylic acid groups (broad SMARTS) is 1. The summed E-state index contributed by atoms with van der Waals surface area (Å²) in [6.07, 6.45) is 0. The van der Waals surface area contributed by atoms with Crippen LogP contribution in [0.25, 0.3) is 0 Å². The summed E-state index contributed by atoms with van der Waals surface area (Å²) in [6.45, 7) is 2.14. The maximum atomic E-state index is 12.3. The van der Waals surface area contributed by atoms with Gasteiger partial charge < -0.3 is 14.8 Å². The Morgan fingerprint density at radius 2 is 2.19 bits per heavy atom. The molecule has 1 atom stereocenters. The Hall–Kier alpha value is -1.85. The number of rotatable bonds is 4. The number of aliphatic carboxylic acids is 1. The van der Waals surface area contributed by atoms with Crippen molar-refractivity contribution in [3.05, 3.63) is 23.2 Å². The lowest BCUT2D eigenvalue weighted by molar-refractivity contribution is -0.139. The van der Waals surface area contributed by atoms with E-state index in [1.165, 1.54) is 0 Å². The summed E-state index contributed by atoms with van der Waals surface area (Å²) in [6, 6.07) is 0.0949. The van der Waals surface area contributed by atoms with Gasteiger partial charge in [-0.3, -0.25) is 4.79 Å². The van der Waals surface area contributed by atoms with E-state index in [2.05, 4.69) is 0 Å². The zero-order valence-electron chi connectivity index (χ0n) is 8.91. The van der Waals surface area contributed by atoms with E-state index in [1.807, 2.05) is 5.32 Å². The van der Waals surface area contributed by atoms with Crippen molar-refractivity contribution >= 4 is 11.9 Å². The number of aryl methyl sites for hydroxylation is 2. The molecule has 0 saturated heterocycles. The highest BCUT2D eigenvalue weighted by Gasteiger charge is 2.23. The van der Waals surface area contributed by atoms with Crippen molar-refractivity contribution < 1.29 is 23.5 Å². The van der Waals surface area contributed by atoms with Gasteiger partial charge in [0.25, 0.3) is 5.91 Å². The molecule has 0 aliphatic heterocycles. The molecule has 1 heterocycles. The Kier molecular flexibility index (Phi) is 3.65. The minimum atomic E-state index is -1.54. The Morgan fingerprint density at radius 1 is 1.56 bits per heavy atom. The summed E-state index contributed by atoms with van der Waals surface area (Å²) in [5.41, 5.74) is 0.581. The van der Waals surface area contributed by atoms with Crippen LogP contribution >= 0.6 is 0 Å². The number of halogens is 1. The van der Waals surface area contributed by atoms with Crippen molar-refractivity contribution in [3.8, 4) is 0 Å². The molecule has 1 rings (SSSR count). The molecule has 0 aliphatic rings. The quantitative estimate of drug-likeness (QED) is 0.808. The molecule has 88 valence electrons. The number of carbonyl (C=O) groups is 2. The minimum Gasteiger partial charge on any atom is -0.480 e. The normalized spacial score (nSPS) is 12.2. The molecule has 0 fully saturated rings. The van der Waals surface area contributed by atoms with Crippen LogP contribution < -0.4 is 5.32 Å². The third-order valence-corrected chi connectivity index (χ3v) is 2.00. The van der Waals surface area contributed by atoms with Crippen LogP contribution in [0, 0.1) is 13.8 Å². The molecular weight excluding hydrogens is 217 g/mol. The van der Waals surface area contributed by atoms with Gasteiger partial charge in [-0.1, -0.05) is 0 Å². The first kappa shape index (κ1) is 12.2. The molecule has 0 radical (unpaired) electrons. The maximum Gasteiger partial charge on any atom is 0.328 e. The van der Waals surface area contributed by atoms with Gasteiger partial charge >= 0.3 is 5.97 Å². The third-order valence-electron chi connectivity index (χ3n) is 2.00. The number of nitrogens with one attached hydrogen (secondary N) is 1. The summed E-state index contributed by atoms with van der Waals surface area (Å²) < 4.78 is 17.3. The van der Waals surface area contributed by atoms with E-state index in [-0.39, 0.29) is 5.76 Å². The van der Waals surface area contributed by atoms with Crippen molar-refractivity contribution in [1.29, 1.82) is 0 Å². The number of furan rings is 1. The van der Waals surface area contributed by atoms with Gasteiger partial charge in [0.05, 0.1) is 0 Å². The van der Waals surface area contributed by atoms with E-state index in [0.29, 0.717) is 11.3 Å². The number of hydrogen-bond donors (Lipinski definition) is 2. The lowest BCUT2D eigenvalue weighted by atomic mass is 10.2. The van der Waals surface area contributed by atoms with Gasteiger partial charge in [0.1, 0.15) is 12.4 Å². The van der Waals surface area contributed by atoms with Crippen molar-refractivity contribution in [2.45, 2.75) is 19.9 Å². The maximum absolute atomic E-state index is 12.3. The number of amides is 1. The molecule has 0 aliphatic carbocycles. The largest absolute Gasteiger partial charge is 0.480 e. The second-order valence-electron chi connectivity index (χ2n) is 3.39. The zero-order chi connectivity index (χ0) is 12.3. The first-order valence-corrected chi connectivity index (χ1v) is 4.62. The number of hydrogen-bond acceptors (Lipinski definition) is 3. The molecule has 1 amide bonds. The molecular formula is C10H12FNO4. The van der Waals surface area contributed by atoms with E-state index < -0.39 is 24.6 Å². The molecule has 0 saturated carbocycles. The highest BCUT2D eigenvalue weighted by Crippen LogP contribution is 2.13. The van der Waals surface area contributed by atoms with Crippen LogP contribution in [0.15, 0.2) is 10.5 Å². The Morgan fingerprint density at radius 3 is 2.56 bits per heavy atom. The van der Waals surface area contributed by atoms with Gasteiger partial charge in [-0.2, -0.15) is 0 Å². The summed E-state index contributed by atoms with van der Waals surface area (Å²) in [5, 5.41) is 10.6. The number of carboxylic acids is 1. The van der Waals surface area contributed by atoms with Crippen molar-refractivity contribution in [1.82, 2.24) is 5.32 Å². The zero-order valence-corrected chi connectivity index (χ0v) is 8.91. The van der Waals surface area contributed by atoms with E-state index in [4.69, 9.17) is 9.52 Å². The minimum absolute atomic E-state index is 0.0113. The molecule has 0 spiro atoms. The fourth-order valence-corrected chi connectivity index (χ4v) is 1.26. The highest BCUT2D eigenvalue weighted by molar-refractivity contribution is 5.95. The van der Waals surface area contributed by atoms with Crippen LogP contribution in [0.4, 0.5) is 4.39 Å². The van der Waals surface area contributed by atoms with Gasteiger partial charge in [-0.15, -0.1) is 0 Å². The summed E-state index contributed by atoms with van der Waals surface area (Å²) >= 11 is 0. The molecule has 2 N–H and O–H groups in total. The molecule has 1 aromatic heterocycles. The molecule has 1 aromatic rings. The van der Waals surface area contributed by atoms with Crippen LogP contribution in [0.3, 0.4) is 0 Å². The fourth-order valence-electron chi connectivity index (χ4n) is 1.26. The number of alkyl halides is 1. The average Bonchev–Trinajstić information content (AvgIpc) is 2.53. The Bertz CT molecular complexity index is 413. The van der Waals surface area contributed by atoms with Crippen LogP contribution in [0.1, 0.15) is 21.9 Å². The lowest BCUT2D eigenvalue weighted by Crippen LogP contribution is -2.42. The van der Waals surface area contributed by atoms with Crippen LogP contribution in [-0.2, 0) is 4.79 Å². The molecule has 5 nitrogen and oxygen atoms in total. The molecule has 6 heteroatoms. The average molecular weight is 229 g/mol. The van der Waals surface area contributed by atoms with Gasteiger partial charge in [0, 0.05) is 5.56 Å². The molecule has 1 unspecified atom stereocenters. The van der Waals surface area contributed by atoms with Crippen molar-refractivity contribution in [2.24, 2.45) is 0 Å². The Labute approximate surface area is 91.2 Å². The molecule has 0 aromatic carbocycles. The molecule has 16 heavy (non-hydrogen) atoms. The van der Waals surface area contributed by atoms with E-state index in [9.17, 15) is 14.0 Å². The summed E-state index contributed by atoms with van der Waals surface area (Å²) in [7, 11) is 0. The van der Waals surface area contributed by atoms with Gasteiger partial charge in [-0.05, 0) is 19.9 Å². The van der Waals surface area contributed by atoms with E-state index >= 15 is 0 Å². The highest BCUT2D eigenvalue weighted by atomic mass is 19.1. The predicted molar refractivity (Wildman–Crippen MR) is 53.0 cm³/mol. The fraction of sp³-hybridized carbons (Fsp3) is 0.400. The standard InChI is InChI=1S/C10H12FNO4/c1-5-3-6(2)16-8(5)9(13)12-7(4-11)10(14)15/h3,7H,4H2,1-2H3,(H,12,13)(H,14,15). The van der Waals surface area contributed by atoms with Crippen molar-refractivity contribution in [3.63, 3.8) is 0 Å². The van der Waals surface area contributed by atoms with Crippen LogP contribution in [0.5, 0.6) is 0 Å². The monoisotopic (exact) mass is 229 g/mol. The topological polar surface area (TPSA) is 79.5 Å². The molecule has 0 bridgehead atoms. The van der Waals surface area contributed by atoms with E-state index in [0.717, 1.165) is 0 Å². The second kappa shape index (κ2) is 4.78. The van der Waals surface area contributed by atoms with Gasteiger partial charge in [0.15, 0.2) is 11.8 Å². The first-order chi connectivity index (χ1) is 7.45. The van der Waals surface area contributed by atoms with Crippen molar-refractivity contribution in [2.75, 3.05) is 6.67 Å². The summed E-state index contributed by atoms with van der Waals surface area (Å²) in [5.74, 6) is -1.60. The van der Waals surface area contributed by atoms with Crippen LogP contribution in [-0.4, -0.2) is 29.7 Å². The Balaban J connectivity index is 2.79. The van der Waals surface area contributed by atoms with Gasteiger partial charge in [-0.25, -0.2) is 9.18 Å². The third kappa shape index (κ3) is 2.59. The predicted octanol–water partition coefficient (Wildman–Crippen LogP) is 1.05. The second-order valence-corrected chi connectivity index (χ2v) is 3.39. The smallest absolute Gasteiger partial charge is 0.328 e. The van der Waals surface area contributed by atoms with E-state index in [1.54, 1.807) is 19.9 Å². The lowest BCUT2D eigenvalue weighted by Gasteiger charge is -2.09. The SMILES string of the molecule is Cc1cc(C)c(C(=O)NC(CF)C(=O)O)o1. The van der Waals surface area contributed by atoms with Crippen LogP contribution in [0.2, 0.25) is 0 Å². The summed E-state index contributed by atoms with van der Waals surface area (Å²) in [4.78, 5) is 22.0. The first-order valence-electron chi connectivity index (χ1n) is 4.62.